The highest BCUT2D eigenvalue weighted by atomic mass is 16.6. The lowest BCUT2D eigenvalue weighted by atomic mass is 9.98. The summed E-state index contributed by atoms with van der Waals surface area (Å²) < 4.78 is 17.1. The normalized spacial score (nSPS) is 14.1. The number of carbonyl (C=O) groups excluding carboxylic acids is 2. The van der Waals surface area contributed by atoms with Gasteiger partial charge in [0, 0.05) is 12.3 Å². The van der Waals surface area contributed by atoms with Crippen molar-refractivity contribution in [2.45, 2.75) is 71.1 Å². The summed E-state index contributed by atoms with van der Waals surface area (Å²) in [6, 6.07) is 23.0. The number of amides is 1. The van der Waals surface area contributed by atoms with Crippen LogP contribution in [0.15, 0.2) is 72.8 Å². The Bertz CT molecular complexity index is 1220. The molecule has 1 amide bonds. The van der Waals surface area contributed by atoms with Crippen LogP contribution in [0.4, 0.5) is 4.79 Å². The van der Waals surface area contributed by atoms with Gasteiger partial charge in [0.05, 0.1) is 6.10 Å². The van der Waals surface area contributed by atoms with Gasteiger partial charge >= 0.3 is 12.1 Å². The first-order valence-corrected chi connectivity index (χ1v) is 13.2. The van der Waals surface area contributed by atoms with E-state index in [4.69, 9.17) is 14.2 Å². The largest absolute Gasteiger partial charge is 0.488 e. The fraction of sp³-hybridized carbons (Fsp3) is 0.375. The third kappa shape index (κ3) is 6.74. The standard InChI is InChI=1S/C32H37NO5/c1-6-21(2)37-30(34)29(19-22-15-17-23(18-16-22)38-32(3,4)5)33-31(35)36-20-28-26-13-9-7-11-24(26)25-12-8-10-14-27(25)28/h7-18,21,28-29H,6,19-20H2,1-5H3,(H,33,35)/t21-,29+/m1/s1. The molecule has 38 heavy (non-hydrogen) atoms. The number of hydrogen-bond acceptors (Lipinski definition) is 5. The second-order valence-corrected chi connectivity index (χ2v) is 10.7. The Morgan fingerprint density at radius 3 is 2.03 bits per heavy atom. The number of alkyl carbamates (subject to hydrolysis) is 1. The second kappa shape index (κ2) is 11.7. The zero-order chi connectivity index (χ0) is 27.3. The summed E-state index contributed by atoms with van der Waals surface area (Å²) in [6.07, 6.45) is 0.0554. The summed E-state index contributed by atoms with van der Waals surface area (Å²) >= 11 is 0. The van der Waals surface area contributed by atoms with Crippen LogP contribution in [0.3, 0.4) is 0 Å². The Morgan fingerprint density at radius 1 is 0.895 bits per heavy atom. The molecule has 6 nitrogen and oxygen atoms in total. The van der Waals surface area contributed by atoms with E-state index in [1.54, 1.807) is 0 Å². The van der Waals surface area contributed by atoms with E-state index in [0.29, 0.717) is 6.42 Å². The molecule has 1 aliphatic carbocycles. The number of esters is 1. The zero-order valence-corrected chi connectivity index (χ0v) is 22.8. The predicted molar refractivity (Wildman–Crippen MR) is 148 cm³/mol. The van der Waals surface area contributed by atoms with E-state index in [1.165, 1.54) is 0 Å². The van der Waals surface area contributed by atoms with E-state index < -0.39 is 18.1 Å². The summed E-state index contributed by atoms with van der Waals surface area (Å²) in [5.41, 5.74) is 5.14. The first-order chi connectivity index (χ1) is 18.1. The summed E-state index contributed by atoms with van der Waals surface area (Å²) in [5.74, 6) is 0.196. The van der Waals surface area contributed by atoms with Crippen LogP contribution in [-0.4, -0.2) is 36.4 Å². The van der Waals surface area contributed by atoms with E-state index in [2.05, 4.69) is 29.6 Å². The van der Waals surface area contributed by atoms with Crippen molar-refractivity contribution in [3.8, 4) is 16.9 Å². The molecule has 4 rings (SSSR count). The molecule has 0 aliphatic heterocycles. The number of benzene rings is 3. The van der Waals surface area contributed by atoms with Gasteiger partial charge in [0.15, 0.2) is 0 Å². The molecule has 1 N–H and O–H groups in total. The van der Waals surface area contributed by atoms with E-state index in [9.17, 15) is 9.59 Å². The molecule has 0 bridgehead atoms. The average Bonchev–Trinajstić information content (AvgIpc) is 3.21. The van der Waals surface area contributed by atoms with Crippen molar-refractivity contribution in [3.05, 3.63) is 89.5 Å². The van der Waals surface area contributed by atoms with Gasteiger partial charge in [0.1, 0.15) is 24.0 Å². The van der Waals surface area contributed by atoms with Crippen LogP contribution < -0.4 is 10.1 Å². The maximum Gasteiger partial charge on any atom is 0.407 e. The number of fused-ring (bicyclic) bond motifs is 3. The van der Waals surface area contributed by atoms with E-state index in [0.717, 1.165) is 33.6 Å². The molecule has 2 atom stereocenters. The van der Waals surface area contributed by atoms with Crippen molar-refractivity contribution >= 4 is 12.1 Å². The lowest BCUT2D eigenvalue weighted by molar-refractivity contribution is -0.150. The molecule has 0 aromatic heterocycles. The number of nitrogens with one attached hydrogen (secondary N) is 1. The van der Waals surface area contributed by atoms with E-state index in [1.807, 2.05) is 83.1 Å². The van der Waals surface area contributed by atoms with Gasteiger partial charge in [-0.3, -0.25) is 0 Å². The predicted octanol–water partition coefficient (Wildman–Crippen LogP) is 6.66. The molecule has 3 aromatic carbocycles. The Balaban J connectivity index is 1.44. The minimum Gasteiger partial charge on any atom is -0.488 e. The summed E-state index contributed by atoms with van der Waals surface area (Å²) in [5, 5.41) is 2.75. The number of ether oxygens (including phenoxy) is 3. The minimum atomic E-state index is -0.881. The van der Waals surface area contributed by atoms with E-state index in [-0.39, 0.29) is 30.7 Å². The lowest BCUT2D eigenvalue weighted by Gasteiger charge is -2.22. The van der Waals surface area contributed by atoms with Gasteiger partial charge in [-0.05, 0) is 74.1 Å². The minimum absolute atomic E-state index is 0.0611. The Kier molecular flexibility index (Phi) is 8.40. The molecule has 0 heterocycles. The third-order valence-corrected chi connectivity index (χ3v) is 6.60. The summed E-state index contributed by atoms with van der Waals surface area (Å²) in [6.45, 7) is 9.91. The van der Waals surface area contributed by atoms with Crippen LogP contribution >= 0.6 is 0 Å². The topological polar surface area (TPSA) is 73.9 Å². The van der Waals surface area contributed by atoms with Gasteiger partial charge in [-0.15, -0.1) is 0 Å². The highest BCUT2D eigenvalue weighted by Crippen LogP contribution is 2.44. The third-order valence-electron chi connectivity index (χ3n) is 6.60. The number of carbonyl (C=O) groups is 2. The molecule has 6 heteroatoms. The van der Waals surface area contributed by atoms with Gasteiger partial charge in [0.2, 0.25) is 0 Å². The molecule has 0 fully saturated rings. The molecular weight excluding hydrogens is 478 g/mol. The molecule has 0 unspecified atom stereocenters. The monoisotopic (exact) mass is 515 g/mol. The Morgan fingerprint density at radius 2 is 1.47 bits per heavy atom. The van der Waals surface area contributed by atoms with Gasteiger partial charge < -0.3 is 19.5 Å². The van der Waals surface area contributed by atoms with Crippen LogP contribution in [0, 0.1) is 0 Å². The molecule has 0 spiro atoms. The average molecular weight is 516 g/mol. The van der Waals surface area contributed by atoms with Crippen LogP contribution in [0.25, 0.3) is 11.1 Å². The molecule has 0 saturated carbocycles. The number of rotatable bonds is 9. The fourth-order valence-corrected chi connectivity index (χ4v) is 4.62. The molecule has 3 aromatic rings. The molecule has 0 radical (unpaired) electrons. The molecule has 0 saturated heterocycles. The summed E-state index contributed by atoms with van der Waals surface area (Å²) in [7, 11) is 0. The molecule has 1 aliphatic rings. The quantitative estimate of drug-likeness (QED) is 0.323. The summed E-state index contributed by atoms with van der Waals surface area (Å²) in [4.78, 5) is 25.9. The lowest BCUT2D eigenvalue weighted by Crippen LogP contribution is -2.44. The Labute approximate surface area is 225 Å². The number of hydrogen-bond donors (Lipinski definition) is 1. The van der Waals surface area contributed by atoms with Gasteiger partial charge in [0.25, 0.3) is 0 Å². The van der Waals surface area contributed by atoms with Gasteiger partial charge in [-0.25, -0.2) is 9.59 Å². The van der Waals surface area contributed by atoms with Crippen molar-refractivity contribution < 1.29 is 23.8 Å². The van der Waals surface area contributed by atoms with Crippen LogP contribution in [0.2, 0.25) is 0 Å². The first kappa shape index (κ1) is 27.2. The van der Waals surface area contributed by atoms with Crippen molar-refractivity contribution in [3.63, 3.8) is 0 Å². The highest BCUT2D eigenvalue weighted by Gasteiger charge is 2.30. The van der Waals surface area contributed by atoms with E-state index >= 15 is 0 Å². The maximum absolute atomic E-state index is 13.0. The molecular formula is C32H37NO5. The second-order valence-electron chi connectivity index (χ2n) is 10.7. The van der Waals surface area contributed by atoms with Crippen molar-refractivity contribution in [1.29, 1.82) is 0 Å². The fourth-order valence-electron chi connectivity index (χ4n) is 4.62. The van der Waals surface area contributed by atoms with Gasteiger partial charge in [-0.2, -0.15) is 0 Å². The van der Waals surface area contributed by atoms with Crippen LogP contribution in [-0.2, 0) is 20.7 Å². The zero-order valence-electron chi connectivity index (χ0n) is 22.8. The highest BCUT2D eigenvalue weighted by molar-refractivity contribution is 5.82. The Hall–Kier alpha value is -3.80. The molecule has 200 valence electrons. The smallest absolute Gasteiger partial charge is 0.407 e. The van der Waals surface area contributed by atoms with Crippen molar-refractivity contribution in [2.24, 2.45) is 0 Å². The van der Waals surface area contributed by atoms with Crippen molar-refractivity contribution in [2.75, 3.05) is 6.61 Å². The van der Waals surface area contributed by atoms with Crippen LogP contribution in [0.5, 0.6) is 5.75 Å². The maximum atomic E-state index is 13.0. The van der Waals surface area contributed by atoms with Crippen LogP contribution in [0.1, 0.15) is 63.6 Å². The SMILES string of the molecule is CC[C@@H](C)OC(=O)[C@H](Cc1ccc(OC(C)(C)C)cc1)NC(=O)OCC1c2ccccc2-c2ccccc21. The van der Waals surface area contributed by atoms with Crippen molar-refractivity contribution in [1.82, 2.24) is 5.32 Å². The first-order valence-electron chi connectivity index (χ1n) is 13.2. The van der Waals surface area contributed by atoms with Gasteiger partial charge in [-0.1, -0.05) is 67.6 Å².